The Morgan fingerprint density at radius 3 is 1.45 bits per heavy atom. The van der Waals surface area contributed by atoms with E-state index in [-0.39, 0.29) is 0 Å². The van der Waals surface area contributed by atoms with Crippen LogP contribution in [0.3, 0.4) is 0 Å². The van der Waals surface area contributed by atoms with Gasteiger partial charge in [-0.05, 0) is 160 Å². The lowest BCUT2D eigenvalue weighted by atomic mass is 9.48. The predicted molar refractivity (Wildman–Crippen MR) is 248 cm³/mol. The van der Waals surface area contributed by atoms with E-state index in [0.717, 1.165) is 29.1 Å². The molecule has 4 fully saturated rings. The molecule has 0 saturated heterocycles. The summed E-state index contributed by atoms with van der Waals surface area (Å²) in [6.07, 6.45) is 8.58. The van der Waals surface area contributed by atoms with Crippen molar-refractivity contribution in [2.24, 2.45) is 17.8 Å². The molecule has 2 heteroatoms. The van der Waals surface area contributed by atoms with Gasteiger partial charge in [-0.3, -0.25) is 0 Å². The molecule has 1 heterocycles. The smallest absolute Gasteiger partial charge is 0.0462 e. The van der Waals surface area contributed by atoms with E-state index in [1.54, 1.807) is 5.56 Å². The largest absolute Gasteiger partial charge is 0.311 e. The van der Waals surface area contributed by atoms with Gasteiger partial charge in [0.1, 0.15) is 0 Å². The molecule has 1 aromatic heterocycles. The molecule has 58 heavy (non-hydrogen) atoms. The third-order valence-electron chi connectivity index (χ3n) is 14.0. The van der Waals surface area contributed by atoms with Gasteiger partial charge in [-0.2, -0.15) is 0 Å². The molecule has 4 aliphatic rings. The van der Waals surface area contributed by atoms with E-state index in [1.165, 1.54) is 109 Å². The highest BCUT2D eigenvalue weighted by atomic mass is 32.1. The molecule has 4 aliphatic carbocycles. The van der Waals surface area contributed by atoms with Crippen LogP contribution >= 0.6 is 11.3 Å². The summed E-state index contributed by atoms with van der Waals surface area (Å²) >= 11 is 1.88. The van der Waals surface area contributed by atoms with Gasteiger partial charge < -0.3 is 4.90 Å². The SMILES string of the molecule is c1ccc(-c2cccc3cccc(-c4ccc(N(c5ccc(-c6cccc7sc8ccccc8c67)cc5)c5ccc(C67CC8CC(CC(C8)C6)C7)cc5)cc4)c23)cc1. The van der Waals surface area contributed by atoms with Gasteiger partial charge in [0.05, 0.1) is 0 Å². The van der Waals surface area contributed by atoms with Gasteiger partial charge in [0.2, 0.25) is 0 Å². The molecule has 4 bridgehead atoms. The van der Waals surface area contributed by atoms with Crippen molar-refractivity contribution in [1.82, 2.24) is 0 Å². The third-order valence-corrected chi connectivity index (χ3v) is 15.2. The van der Waals surface area contributed by atoms with Crippen LogP contribution < -0.4 is 4.90 Å². The van der Waals surface area contributed by atoms with Gasteiger partial charge in [0.25, 0.3) is 0 Å². The predicted octanol–water partition coefficient (Wildman–Crippen LogP) is 16.1. The van der Waals surface area contributed by atoms with Crippen molar-refractivity contribution < 1.29 is 0 Å². The van der Waals surface area contributed by atoms with Gasteiger partial charge in [-0.25, -0.2) is 0 Å². The normalized spacial score (nSPS) is 20.9. The van der Waals surface area contributed by atoms with Crippen LogP contribution in [0.25, 0.3) is 64.3 Å². The summed E-state index contributed by atoms with van der Waals surface area (Å²) in [5, 5.41) is 5.25. The number of fused-ring (bicyclic) bond motifs is 4. The quantitative estimate of drug-likeness (QED) is 0.156. The van der Waals surface area contributed by atoms with E-state index in [9.17, 15) is 0 Å². The minimum atomic E-state index is 0.380. The molecular formula is C56H45NS. The summed E-state index contributed by atoms with van der Waals surface area (Å²) in [6.45, 7) is 0. The molecule has 280 valence electrons. The number of nitrogens with zero attached hydrogens (tertiary/aromatic N) is 1. The van der Waals surface area contributed by atoms with Crippen LogP contribution in [0.2, 0.25) is 0 Å². The molecule has 0 atom stereocenters. The Morgan fingerprint density at radius 2 is 0.862 bits per heavy atom. The second kappa shape index (κ2) is 13.6. The maximum Gasteiger partial charge on any atom is 0.0462 e. The summed E-state index contributed by atoms with van der Waals surface area (Å²) in [6, 6.07) is 68.1. The Balaban J connectivity index is 0.948. The fraction of sp³-hybridized carbons (Fsp3) is 0.179. The number of hydrogen-bond donors (Lipinski definition) is 0. The lowest BCUT2D eigenvalue weighted by molar-refractivity contribution is -0.00518. The monoisotopic (exact) mass is 763 g/mol. The lowest BCUT2D eigenvalue weighted by Crippen LogP contribution is -2.48. The molecule has 0 aliphatic heterocycles. The zero-order valence-corrected chi connectivity index (χ0v) is 33.5. The Hall–Kier alpha value is -5.96. The lowest BCUT2D eigenvalue weighted by Gasteiger charge is -2.57. The van der Waals surface area contributed by atoms with Gasteiger partial charge in [-0.1, -0.05) is 133 Å². The van der Waals surface area contributed by atoms with Crippen molar-refractivity contribution in [2.45, 2.75) is 43.9 Å². The third kappa shape index (κ3) is 5.64. The Labute approximate surface area is 345 Å². The molecule has 4 saturated carbocycles. The maximum absolute atomic E-state index is 2.49. The van der Waals surface area contributed by atoms with Crippen LogP contribution in [0, 0.1) is 17.8 Å². The van der Waals surface area contributed by atoms with E-state index in [4.69, 9.17) is 0 Å². The fourth-order valence-electron chi connectivity index (χ4n) is 11.9. The first-order valence-corrected chi connectivity index (χ1v) is 22.1. The Kier molecular flexibility index (Phi) is 7.98. The van der Waals surface area contributed by atoms with Crippen LogP contribution in [0.15, 0.2) is 182 Å². The molecule has 0 radical (unpaired) electrons. The molecular weight excluding hydrogens is 719 g/mol. The van der Waals surface area contributed by atoms with E-state index in [2.05, 4.69) is 187 Å². The second-order valence-electron chi connectivity index (χ2n) is 17.5. The summed E-state index contributed by atoms with van der Waals surface area (Å²) in [5.41, 5.74) is 13.0. The first kappa shape index (κ1) is 34.1. The summed E-state index contributed by atoms with van der Waals surface area (Å²) < 4.78 is 2.68. The van der Waals surface area contributed by atoms with Crippen LogP contribution in [0.4, 0.5) is 17.1 Å². The van der Waals surface area contributed by atoms with Crippen LogP contribution in [-0.4, -0.2) is 0 Å². The van der Waals surface area contributed by atoms with Crippen molar-refractivity contribution in [3.63, 3.8) is 0 Å². The molecule has 9 aromatic rings. The standard InChI is InChI=1S/C56H45NS/c1-2-9-40(10-3-1)48-14-6-11-43-12-7-15-49(54(43)48)41-19-25-45(26-20-41)57(47-29-23-44(24-30-47)56-34-37-31-38(35-56)33-39(32-37)36-56)46-27-21-42(22-28-46)50-16-8-18-53-55(50)51-13-4-5-17-52(51)58-53/h1-30,37-39H,31-36H2. The van der Waals surface area contributed by atoms with Crippen molar-refractivity contribution in [2.75, 3.05) is 4.90 Å². The molecule has 0 unspecified atom stereocenters. The highest BCUT2D eigenvalue weighted by Gasteiger charge is 2.51. The summed E-state index contributed by atoms with van der Waals surface area (Å²) in [7, 11) is 0. The zero-order valence-electron chi connectivity index (χ0n) is 32.7. The topological polar surface area (TPSA) is 3.24 Å². The molecule has 0 amide bonds. The van der Waals surface area contributed by atoms with Crippen LogP contribution in [-0.2, 0) is 5.41 Å². The first-order chi connectivity index (χ1) is 28.7. The van der Waals surface area contributed by atoms with E-state index in [0.29, 0.717) is 5.41 Å². The van der Waals surface area contributed by atoms with Gasteiger partial charge in [0, 0.05) is 37.2 Å². The van der Waals surface area contributed by atoms with Crippen LogP contribution in [0.5, 0.6) is 0 Å². The minimum Gasteiger partial charge on any atom is -0.311 e. The Bertz CT molecular complexity index is 2920. The number of rotatable bonds is 7. The molecule has 13 rings (SSSR count). The zero-order chi connectivity index (χ0) is 38.2. The number of thiophene rings is 1. The maximum atomic E-state index is 2.49. The van der Waals surface area contributed by atoms with Crippen LogP contribution in [0.1, 0.15) is 44.1 Å². The summed E-state index contributed by atoms with van der Waals surface area (Å²) in [5.74, 6) is 2.80. The number of anilines is 3. The van der Waals surface area contributed by atoms with Crippen molar-refractivity contribution >= 4 is 59.3 Å². The molecule has 0 N–H and O–H groups in total. The molecule has 1 nitrogen and oxygen atoms in total. The van der Waals surface area contributed by atoms with Crippen molar-refractivity contribution in [1.29, 1.82) is 0 Å². The number of benzene rings is 8. The van der Waals surface area contributed by atoms with E-state index < -0.39 is 0 Å². The van der Waals surface area contributed by atoms with Gasteiger partial charge >= 0.3 is 0 Å². The summed E-state index contributed by atoms with van der Waals surface area (Å²) in [4.78, 5) is 2.45. The molecule has 0 spiro atoms. The first-order valence-electron chi connectivity index (χ1n) is 21.2. The average Bonchev–Trinajstić information content (AvgIpc) is 3.66. The van der Waals surface area contributed by atoms with Crippen molar-refractivity contribution in [3.8, 4) is 33.4 Å². The Morgan fingerprint density at radius 1 is 0.397 bits per heavy atom. The van der Waals surface area contributed by atoms with Crippen molar-refractivity contribution in [3.05, 3.63) is 188 Å². The minimum absolute atomic E-state index is 0.380. The fourth-order valence-corrected chi connectivity index (χ4v) is 13.0. The highest BCUT2D eigenvalue weighted by Crippen LogP contribution is 2.61. The van der Waals surface area contributed by atoms with E-state index in [1.807, 2.05) is 11.3 Å². The van der Waals surface area contributed by atoms with Gasteiger partial charge in [-0.15, -0.1) is 11.3 Å². The molecule has 8 aromatic carbocycles. The highest BCUT2D eigenvalue weighted by molar-refractivity contribution is 7.25. The number of hydrogen-bond acceptors (Lipinski definition) is 2. The van der Waals surface area contributed by atoms with E-state index >= 15 is 0 Å². The van der Waals surface area contributed by atoms with Gasteiger partial charge in [0.15, 0.2) is 0 Å². The second-order valence-corrected chi connectivity index (χ2v) is 18.6. The average molecular weight is 764 g/mol.